The summed E-state index contributed by atoms with van der Waals surface area (Å²) in [6.45, 7) is 5.53. The minimum absolute atomic E-state index is 0.0351. The monoisotopic (exact) mass is 729 g/mol. The first kappa shape index (κ1) is 33.1. The van der Waals surface area contributed by atoms with Gasteiger partial charge in [0.25, 0.3) is 11.8 Å². The lowest BCUT2D eigenvalue weighted by atomic mass is 9.72. The summed E-state index contributed by atoms with van der Waals surface area (Å²) in [6.07, 6.45) is 7.11. The molecule has 0 bridgehead atoms. The summed E-state index contributed by atoms with van der Waals surface area (Å²) in [7, 11) is 0. The third kappa shape index (κ3) is 5.83. The normalized spacial score (nSPS) is 21.2. The minimum Gasteiger partial charge on any atom is -0.370 e. The van der Waals surface area contributed by atoms with Crippen LogP contribution in [0.2, 0.25) is 0 Å². The van der Waals surface area contributed by atoms with Crippen LogP contribution in [0, 0.1) is 17.2 Å². The Balaban J connectivity index is 0.871. The van der Waals surface area contributed by atoms with Crippen molar-refractivity contribution in [2.24, 2.45) is 11.3 Å². The Bertz CT molecular complexity index is 2150. The molecule has 4 aliphatic heterocycles. The lowest BCUT2D eigenvalue weighted by molar-refractivity contribution is -0.151. The molecule has 1 N–H and O–H groups in total. The number of anilines is 2. The molecule has 15 heteroatoms. The van der Waals surface area contributed by atoms with Crippen molar-refractivity contribution < 1.29 is 22.8 Å². The summed E-state index contributed by atoms with van der Waals surface area (Å²) >= 11 is 1.32. The van der Waals surface area contributed by atoms with Gasteiger partial charge in [-0.05, 0) is 61.2 Å². The second kappa shape index (κ2) is 12.4. The number of piperidine rings is 1. The number of likely N-dealkylation sites (tertiary alicyclic amines) is 2. The molecule has 3 fully saturated rings. The van der Waals surface area contributed by atoms with Crippen LogP contribution < -0.4 is 10.2 Å². The van der Waals surface area contributed by atoms with Crippen molar-refractivity contribution in [2.45, 2.75) is 44.7 Å². The highest BCUT2D eigenvalue weighted by Gasteiger charge is 2.53. The fraction of sp³-hybridized carbons (Fsp3) is 0.432. The number of amides is 2. The molecule has 2 atom stereocenters. The number of hydrogen-bond donors (Lipinski definition) is 1. The van der Waals surface area contributed by atoms with Crippen LogP contribution in [0.5, 0.6) is 0 Å². The van der Waals surface area contributed by atoms with Gasteiger partial charge in [-0.15, -0.1) is 11.3 Å². The number of carbonyl (C=O) groups excluding carboxylic acids is 2. The predicted molar refractivity (Wildman–Crippen MR) is 191 cm³/mol. The summed E-state index contributed by atoms with van der Waals surface area (Å²) in [4.78, 5) is 41.0. The maximum atomic E-state index is 15.7. The summed E-state index contributed by atoms with van der Waals surface area (Å²) in [5.74, 6) is -4.27. The molecule has 1 spiro atoms. The Hall–Kier alpha value is -4.76. The Morgan fingerprint density at radius 1 is 1.04 bits per heavy atom. The second-order valence-corrected chi connectivity index (χ2v) is 15.8. The molecule has 0 aliphatic carbocycles. The Morgan fingerprint density at radius 3 is 2.60 bits per heavy atom. The summed E-state index contributed by atoms with van der Waals surface area (Å²) < 4.78 is 47.6. The van der Waals surface area contributed by atoms with Gasteiger partial charge in [-0.3, -0.25) is 24.5 Å². The van der Waals surface area contributed by atoms with Crippen molar-refractivity contribution in [3.8, 4) is 11.1 Å². The number of halogens is 3. The molecule has 270 valence electrons. The van der Waals surface area contributed by atoms with Crippen LogP contribution in [0.3, 0.4) is 0 Å². The van der Waals surface area contributed by atoms with Gasteiger partial charge in [-0.25, -0.2) is 23.1 Å². The van der Waals surface area contributed by atoms with Crippen LogP contribution >= 0.6 is 11.3 Å². The van der Waals surface area contributed by atoms with E-state index < -0.39 is 23.7 Å². The number of carbonyl (C=O) groups is 2. The number of benzene rings is 2. The number of aromatic nitrogens is 5. The van der Waals surface area contributed by atoms with Crippen LogP contribution in [-0.4, -0.2) is 97.7 Å². The molecule has 3 saturated heterocycles. The van der Waals surface area contributed by atoms with Crippen molar-refractivity contribution in [3.63, 3.8) is 0 Å². The maximum Gasteiger partial charge on any atom is 0.263 e. The van der Waals surface area contributed by atoms with Gasteiger partial charge in [0, 0.05) is 73.2 Å². The molecule has 7 heterocycles. The number of hydrogen-bond acceptors (Lipinski definition) is 8. The van der Waals surface area contributed by atoms with Crippen molar-refractivity contribution in [3.05, 3.63) is 77.7 Å². The van der Waals surface area contributed by atoms with E-state index in [0.29, 0.717) is 53.3 Å². The van der Waals surface area contributed by atoms with E-state index in [-0.39, 0.29) is 30.3 Å². The zero-order valence-corrected chi connectivity index (χ0v) is 29.5. The summed E-state index contributed by atoms with van der Waals surface area (Å²) in [5.41, 5.74) is 4.58. The van der Waals surface area contributed by atoms with Crippen LogP contribution in [0.25, 0.3) is 22.0 Å². The molecule has 11 nitrogen and oxygen atoms in total. The fourth-order valence-corrected chi connectivity index (χ4v) is 8.79. The van der Waals surface area contributed by atoms with Gasteiger partial charge < -0.3 is 14.4 Å². The van der Waals surface area contributed by atoms with E-state index in [1.165, 1.54) is 22.1 Å². The molecule has 0 saturated carbocycles. The average Bonchev–Trinajstić information content (AvgIpc) is 3.89. The van der Waals surface area contributed by atoms with Crippen molar-refractivity contribution in [1.82, 2.24) is 34.1 Å². The first-order valence-corrected chi connectivity index (χ1v) is 18.6. The third-order valence-corrected chi connectivity index (χ3v) is 11.9. The lowest BCUT2D eigenvalue weighted by Gasteiger charge is -2.61. The van der Waals surface area contributed by atoms with Crippen LogP contribution in [-0.2, 0) is 22.6 Å². The first-order valence-electron chi connectivity index (χ1n) is 17.7. The van der Waals surface area contributed by atoms with E-state index in [0.717, 1.165) is 49.4 Å². The van der Waals surface area contributed by atoms with Gasteiger partial charge in [0.15, 0.2) is 11.2 Å². The first-order chi connectivity index (χ1) is 25.0. The molecule has 0 radical (unpaired) electrons. The van der Waals surface area contributed by atoms with Crippen molar-refractivity contribution in [2.75, 3.05) is 56.0 Å². The molecule has 3 aromatic heterocycles. The minimum atomic E-state index is -2.75. The van der Waals surface area contributed by atoms with Gasteiger partial charge in [-0.2, -0.15) is 5.10 Å². The number of rotatable bonds is 8. The van der Waals surface area contributed by atoms with Crippen LogP contribution in [0.15, 0.2) is 60.5 Å². The van der Waals surface area contributed by atoms with Crippen molar-refractivity contribution in [1.29, 1.82) is 0 Å². The van der Waals surface area contributed by atoms with Gasteiger partial charge in [0.2, 0.25) is 5.91 Å². The standard InChI is InChI=1S/C37H38F3N9O2S/c1-23-8-11-45(21-37(23,39)40)16-31(50)48-19-36(20-48)17-47(18-36)26-6-4-24(5-7-26)25-13-28(38)27-15-49(44-29(27)14-25)33(34(51)43-35-41-9-12-52-35)32-30-3-2-10-46(30)22-42-32/h4-7,9,12-15,22-23,33H,2-3,8,10-11,16-21H2,1H3,(H,41,43,51). The largest absolute Gasteiger partial charge is 0.370 e. The summed E-state index contributed by atoms with van der Waals surface area (Å²) in [5, 5.41) is 10.2. The lowest BCUT2D eigenvalue weighted by Crippen LogP contribution is -2.73. The fourth-order valence-electron chi connectivity index (χ4n) is 8.26. The molecule has 2 unspecified atom stereocenters. The molecule has 2 amide bonds. The van der Waals surface area contributed by atoms with E-state index in [2.05, 4.69) is 24.8 Å². The zero-order valence-electron chi connectivity index (χ0n) is 28.6. The van der Waals surface area contributed by atoms with Gasteiger partial charge in [-0.1, -0.05) is 19.1 Å². The highest BCUT2D eigenvalue weighted by atomic mass is 32.1. The van der Waals surface area contributed by atoms with Gasteiger partial charge >= 0.3 is 0 Å². The Kier molecular flexibility index (Phi) is 7.92. The third-order valence-electron chi connectivity index (χ3n) is 11.2. The molecule has 2 aromatic carbocycles. The Labute approximate surface area is 302 Å². The number of fused-ring (bicyclic) bond motifs is 2. The molecule has 5 aromatic rings. The molecular weight excluding hydrogens is 692 g/mol. The number of imidazole rings is 1. The molecular formula is C37H38F3N9O2S. The number of thiazole rings is 1. The number of aryl methyl sites for hydroxylation is 1. The van der Waals surface area contributed by atoms with E-state index in [4.69, 9.17) is 5.10 Å². The number of nitrogens with one attached hydrogen (secondary N) is 1. The quantitative estimate of drug-likeness (QED) is 0.232. The highest BCUT2D eigenvalue weighted by Crippen LogP contribution is 2.43. The smallest absolute Gasteiger partial charge is 0.263 e. The van der Waals surface area contributed by atoms with E-state index >= 15 is 4.39 Å². The SMILES string of the molecule is CC1CCN(CC(=O)N2CC3(C2)CN(c2ccc(-c4cc(F)c5cn(C(C(=O)Nc6nccs6)c6ncn7c6CCC7)nc5c4)cc2)C3)CC1(F)F. The van der Waals surface area contributed by atoms with E-state index in [1.54, 1.807) is 40.8 Å². The van der Waals surface area contributed by atoms with E-state index in [9.17, 15) is 18.4 Å². The summed E-state index contributed by atoms with van der Waals surface area (Å²) in [6, 6.07) is 10.4. The Morgan fingerprint density at radius 2 is 1.85 bits per heavy atom. The van der Waals surface area contributed by atoms with Gasteiger partial charge in [0.05, 0.1) is 36.0 Å². The second-order valence-electron chi connectivity index (χ2n) is 14.9. The maximum absolute atomic E-state index is 15.7. The zero-order chi connectivity index (χ0) is 35.8. The molecule has 9 rings (SSSR count). The topological polar surface area (TPSA) is 104 Å². The number of alkyl halides is 2. The van der Waals surface area contributed by atoms with Crippen LogP contribution in [0.4, 0.5) is 24.0 Å². The van der Waals surface area contributed by atoms with Crippen LogP contribution in [0.1, 0.15) is 37.2 Å². The van der Waals surface area contributed by atoms with Gasteiger partial charge in [0.1, 0.15) is 5.82 Å². The highest BCUT2D eigenvalue weighted by molar-refractivity contribution is 7.13. The molecule has 52 heavy (non-hydrogen) atoms. The van der Waals surface area contributed by atoms with Crippen molar-refractivity contribution >= 4 is 44.9 Å². The number of nitrogens with zero attached hydrogens (tertiary/aromatic N) is 8. The molecule has 4 aliphatic rings. The van der Waals surface area contributed by atoms with E-state index in [1.807, 2.05) is 30.3 Å². The predicted octanol–water partition coefficient (Wildman–Crippen LogP) is 5.30. The average molecular weight is 730 g/mol.